The minimum atomic E-state index is 0. The van der Waals surface area contributed by atoms with Crippen LogP contribution in [0.25, 0.3) is 0 Å². The minimum absolute atomic E-state index is 0. The van der Waals surface area contributed by atoms with Crippen LogP contribution in [0.1, 0.15) is 32.6 Å². The number of fused-ring (bicyclic) bond motifs is 1. The molecule has 0 aromatic heterocycles. The zero-order chi connectivity index (χ0) is 11.0. The van der Waals surface area contributed by atoms with Crippen LogP contribution < -0.4 is 0 Å². The number of allylic oxidation sites excluding steroid dienone is 8. The average Bonchev–Trinajstić information content (AvgIpc) is 2.94. The Bertz CT molecular complexity index is 398. The first-order valence-electron chi connectivity index (χ1n) is 6.50. The van der Waals surface area contributed by atoms with E-state index in [1.54, 1.807) is 17.1 Å². The van der Waals surface area contributed by atoms with Gasteiger partial charge in [0.05, 0.1) is 0 Å². The van der Waals surface area contributed by atoms with Crippen molar-refractivity contribution in [2.45, 2.75) is 32.6 Å². The Kier molecular flexibility index (Phi) is 4.31. The van der Waals surface area contributed by atoms with Crippen LogP contribution in [-0.2, 0) is 26.2 Å². The van der Waals surface area contributed by atoms with Crippen LogP contribution in [0.5, 0.6) is 0 Å². The summed E-state index contributed by atoms with van der Waals surface area (Å²) in [6.45, 7) is 2.33. The Balaban J connectivity index is 0.00000108. The van der Waals surface area contributed by atoms with Gasteiger partial charge in [-0.05, 0) is 18.8 Å². The van der Waals surface area contributed by atoms with E-state index in [1.807, 2.05) is 0 Å². The first-order chi connectivity index (χ1) is 7.90. The van der Waals surface area contributed by atoms with Crippen LogP contribution in [-0.4, -0.2) is 0 Å². The number of hydrogen-bond acceptors (Lipinski definition) is 0. The minimum Gasteiger partial charge on any atom is -0.155 e. The summed E-state index contributed by atoms with van der Waals surface area (Å²) < 4.78 is 0. The van der Waals surface area contributed by atoms with E-state index in [9.17, 15) is 0 Å². The molecule has 0 amide bonds. The third kappa shape index (κ3) is 2.32. The molecule has 0 aromatic carbocycles. The normalized spacial score (nSPS) is 29.8. The Hall–Kier alpha value is -0.287. The van der Waals surface area contributed by atoms with Crippen molar-refractivity contribution in [1.82, 2.24) is 0 Å². The van der Waals surface area contributed by atoms with Crippen molar-refractivity contribution in [2.24, 2.45) is 11.8 Å². The molecule has 1 saturated carbocycles. The maximum absolute atomic E-state index is 2.36. The fourth-order valence-electron chi connectivity index (χ4n) is 3.37. The van der Waals surface area contributed by atoms with Crippen molar-refractivity contribution < 1.29 is 26.2 Å². The summed E-state index contributed by atoms with van der Waals surface area (Å²) >= 11 is 0. The van der Waals surface area contributed by atoms with Gasteiger partial charge in [0.2, 0.25) is 0 Å². The van der Waals surface area contributed by atoms with E-state index in [0.29, 0.717) is 0 Å². The van der Waals surface area contributed by atoms with Crippen molar-refractivity contribution in [3.63, 3.8) is 0 Å². The van der Waals surface area contributed by atoms with Crippen molar-refractivity contribution >= 4 is 0 Å². The number of rotatable bonds is 2. The van der Waals surface area contributed by atoms with Gasteiger partial charge in [-0.1, -0.05) is 37.8 Å². The molecule has 2 atom stereocenters. The van der Waals surface area contributed by atoms with E-state index in [2.05, 4.69) is 43.4 Å². The van der Waals surface area contributed by atoms with Gasteiger partial charge in [-0.25, -0.2) is 0 Å². The standard InChI is InChI=1S/C16H19.Zr/c1-2-12-11-14-9-5-6-10-15(14)16(12)13-7-3-4-8-13;/h3-7,10,12,14H,2,8-9,11H2,1H3;/q-1;. The van der Waals surface area contributed by atoms with Crippen LogP contribution in [0.15, 0.2) is 47.6 Å². The third-order valence-corrected chi connectivity index (χ3v) is 4.17. The first-order valence-corrected chi connectivity index (χ1v) is 6.50. The van der Waals surface area contributed by atoms with Crippen LogP contribution >= 0.6 is 0 Å². The van der Waals surface area contributed by atoms with Crippen LogP contribution in [0.3, 0.4) is 0 Å². The summed E-state index contributed by atoms with van der Waals surface area (Å²) in [5, 5.41) is 0. The second-order valence-electron chi connectivity index (χ2n) is 5.06. The molecule has 3 aliphatic carbocycles. The molecule has 88 valence electrons. The molecule has 3 aliphatic rings. The topological polar surface area (TPSA) is 0 Å². The van der Waals surface area contributed by atoms with Crippen molar-refractivity contribution in [3.05, 3.63) is 53.5 Å². The van der Waals surface area contributed by atoms with E-state index < -0.39 is 0 Å². The molecule has 2 unspecified atom stereocenters. The van der Waals surface area contributed by atoms with Gasteiger partial charge in [-0.3, -0.25) is 0 Å². The summed E-state index contributed by atoms with van der Waals surface area (Å²) in [5.74, 6) is 3.30. The summed E-state index contributed by atoms with van der Waals surface area (Å²) in [6.07, 6.45) is 18.8. The SMILES string of the molecule is CCC1CC2CC=CC=C2[C-]1C1=CC=CC1.[Zr]. The van der Waals surface area contributed by atoms with Crippen LogP contribution in [0.2, 0.25) is 0 Å². The molecule has 1 heteroatoms. The summed E-state index contributed by atoms with van der Waals surface area (Å²) in [6, 6.07) is 0. The second kappa shape index (κ2) is 5.57. The zero-order valence-electron chi connectivity index (χ0n) is 10.4. The molecular weight excluding hydrogens is 283 g/mol. The van der Waals surface area contributed by atoms with Gasteiger partial charge >= 0.3 is 0 Å². The fraction of sp³-hybridized carbons (Fsp3) is 0.438. The second-order valence-corrected chi connectivity index (χ2v) is 5.06. The molecule has 0 nitrogen and oxygen atoms in total. The molecule has 0 aromatic rings. The van der Waals surface area contributed by atoms with Crippen LogP contribution in [0.4, 0.5) is 0 Å². The van der Waals surface area contributed by atoms with Gasteiger partial charge in [0, 0.05) is 26.2 Å². The van der Waals surface area contributed by atoms with Crippen LogP contribution in [0, 0.1) is 17.8 Å². The smallest absolute Gasteiger partial charge is 0 e. The van der Waals surface area contributed by atoms with E-state index in [4.69, 9.17) is 0 Å². The summed E-state index contributed by atoms with van der Waals surface area (Å²) in [4.78, 5) is 0. The zero-order valence-corrected chi connectivity index (χ0v) is 12.9. The molecule has 0 spiro atoms. The molecule has 0 N–H and O–H groups in total. The van der Waals surface area contributed by atoms with Gasteiger partial charge in [0.1, 0.15) is 0 Å². The van der Waals surface area contributed by atoms with Gasteiger partial charge in [-0.2, -0.15) is 12.2 Å². The fourth-order valence-corrected chi connectivity index (χ4v) is 3.37. The predicted molar refractivity (Wildman–Crippen MR) is 68.8 cm³/mol. The molecule has 0 bridgehead atoms. The van der Waals surface area contributed by atoms with E-state index in [0.717, 1.165) is 18.3 Å². The van der Waals surface area contributed by atoms with Crippen molar-refractivity contribution in [3.8, 4) is 0 Å². The van der Waals surface area contributed by atoms with Crippen molar-refractivity contribution in [2.75, 3.05) is 0 Å². The van der Waals surface area contributed by atoms with Crippen molar-refractivity contribution in [1.29, 1.82) is 0 Å². The van der Waals surface area contributed by atoms with E-state index in [-0.39, 0.29) is 26.2 Å². The van der Waals surface area contributed by atoms with Gasteiger partial charge in [-0.15, -0.1) is 29.2 Å². The Morgan fingerprint density at radius 2 is 2.06 bits per heavy atom. The molecular formula is C16H19Zr-. The molecule has 0 saturated heterocycles. The molecule has 0 heterocycles. The van der Waals surface area contributed by atoms with E-state index >= 15 is 0 Å². The van der Waals surface area contributed by atoms with Gasteiger partial charge < -0.3 is 0 Å². The summed E-state index contributed by atoms with van der Waals surface area (Å²) in [7, 11) is 0. The largest absolute Gasteiger partial charge is 0.155 e. The molecule has 1 fully saturated rings. The van der Waals surface area contributed by atoms with Gasteiger partial charge in [0.25, 0.3) is 0 Å². The monoisotopic (exact) mass is 301 g/mol. The molecule has 17 heavy (non-hydrogen) atoms. The maximum atomic E-state index is 2.36. The Labute approximate surface area is 124 Å². The first kappa shape index (κ1) is 13.2. The van der Waals surface area contributed by atoms with Gasteiger partial charge in [0.15, 0.2) is 0 Å². The molecule has 3 rings (SSSR count). The molecule has 0 aliphatic heterocycles. The Morgan fingerprint density at radius 3 is 2.76 bits per heavy atom. The average molecular weight is 303 g/mol. The van der Waals surface area contributed by atoms with E-state index in [1.165, 1.54) is 19.3 Å². The quantitative estimate of drug-likeness (QED) is 0.664. The maximum Gasteiger partial charge on any atom is 0 e. The molecule has 0 radical (unpaired) electrons. The number of hydrogen-bond donors (Lipinski definition) is 0. The summed E-state index contributed by atoms with van der Waals surface area (Å²) in [5.41, 5.74) is 3.22. The predicted octanol–water partition coefficient (Wildman–Crippen LogP) is 4.38. The third-order valence-electron chi connectivity index (χ3n) is 4.17. The Morgan fingerprint density at radius 1 is 1.24 bits per heavy atom.